The average Bonchev–Trinajstić information content (AvgIpc) is 3.58. The minimum absolute atomic E-state index is 0.0494. The van der Waals surface area contributed by atoms with Crippen molar-refractivity contribution in [3.8, 4) is 0 Å². The molecule has 0 unspecified atom stereocenters. The third kappa shape index (κ3) is 4.50. The second kappa shape index (κ2) is 10.0. The highest BCUT2D eigenvalue weighted by Crippen LogP contribution is 2.39. The summed E-state index contributed by atoms with van der Waals surface area (Å²) >= 11 is 0. The van der Waals surface area contributed by atoms with Crippen LogP contribution in [0, 0.1) is 5.82 Å². The van der Waals surface area contributed by atoms with Gasteiger partial charge in [-0.25, -0.2) is 4.39 Å². The van der Waals surface area contributed by atoms with Crippen molar-refractivity contribution in [3.05, 3.63) is 71.0 Å². The summed E-state index contributed by atoms with van der Waals surface area (Å²) in [7, 11) is 0. The number of carbonyl (C=O) groups excluding carboxylic acids is 3. The van der Waals surface area contributed by atoms with Gasteiger partial charge in [0.1, 0.15) is 17.6 Å². The SMILES string of the molecule is CCc1ccc(C(=O)N2CCC3(CC2)OC[C@H](C(=O)N2CCCC2)N3C(=O)c2ccc(F)cc2)cc1. The Bertz CT molecular complexity index is 1120. The van der Waals surface area contributed by atoms with Gasteiger partial charge in [-0.2, -0.15) is 0 Å². The zero-order chi connectivity index (χ0) is 25.3. The van der Waals surface area contributed by atoms with Crippen molar-refractivity contribution in [2.24, 2.45) is 0 Å². The molecule has 1 spiro atoms. The summed E-state index contributed by atoms with van der Waals surface area (Å²) < 4.78 is 19.8. The number of aryl methyl sites for hydroxylation is 1. The first kappa shape index (κ1) is 24.4. The molecule has 0 bridgehead atoms. The van der Waals surface area contributed by atoms with Gasteiger partial charge in [-0.1, -0.05) is 19.1 Å². The van der Waals surface area contributed by atoms with Crippen LogP contribution in [0.4, 0.5) is 4.39 Å². The molecular formula is C28H32FN3O4. The molecule has 0 aromatic heterocycles. The molecule has 3 amide bonds. The first-order valence-corrected chi connectivity index (χ1v) is 12.8. The maximum Gasteiger partial charge on any atom is 0.256 e. The highest BCUT2D eigenvalue weighted by molar-refractivity contribution is 5.98. The van der Waals surface area contributed by atoms with Crippen LogP contribution < -0.4 is 0 Å². The lowest BCUT2D eigenvalue weighted by atomic mass is 9.96. The van der Waals surface area contributed by atoms with Gasteiger partial charge in [0.25, 0.3) is 11.8 Å². The lowest BCUT2D eigenvalue weighted by Gasteiger charge is -2.44. The van der Waals surface area contributed by atoms with Gasteiger partial charge in [-0.05, 0) is 61.2 Å². The van der Waals surface area contributed by atoms with Crippen molar-refractivity contribution in [1.82, 2.24) is 14.7 Å². The normalized spacial score (nSPS) is 21.3. The van der Waals surface area contributed by atoms with E-state index < -0.39 is 17.6 Å². The molecule has 5 rings (SSSR count). The summed E-state index contributed by atoms with van der Waals surface area (Å²) in [6.07, 6.45) is 3.62. The fourth-order valence-corrected chi connectivity index (χ4v) is 5.56. The van der Waals surface area contributed by atoms with Crippen molar-refractivity contribution in [3.63, 3.8) is 0 Å². The van der Waals surface area contributed by atoms with Crippen LogP contribution in [0.3, 0.4) is 0 Å². The largest absolute Gasteiger partial charge is 0.353 e. The van der Waals surface area contributed by atoms with E-state index in [2.05, 4.69) is 6.92 Å². The molecule has 2 aromatic carbocycles. The Labute approximate surface area is 210 Å². The second-order valence-corrected chi connectivity index (χ2v) is 9.83. The first-order chi connectivity index (χ1) is 17.4. The number of benzene rings is 2. The van der Waals surface area contributed by atoms with E-state index in [0.717, 1.165) is 19.3 Å². The molecule has 3 fully saturated rings. The summed E-state index contributed by atoms with van der Waals surface area (Å²) in [5.41, 5.74) is 1.15. The molecule has 36 heavy (non-hydrogen) atoms. The van der Waals surface area contributed by atoms with Gasteiger partial charge in [0.2, 0.25) is 5.91 Å². The van der Waals surface area contributed by atoms with Crippen LogP contribution in [0.2, 0.25) is 0 Å². The van der Waals surface area contributed by atoms with Crippen molar-refractivity contribution in [2.75, 3.05) is 32.8 Å². The van der Waals surface area contributed by atoms with Crippen LogP contribution in [0.25, 0.3) is 0 Å². The Morgan fingerprint density at radius 3 is 2.06 bits per heavy atom. The molecule has 3 aliphatic heterocycles. The van der Waals surface area contributed by atoms with Crippen molar-refractivity contribution in [2.45, 2.75) is 50.8 Å². The van der Waals surface area contributed by atoms with Crippen molar-refractivity contribution >= 4 is 17.7 Å². The predicted octanol–water partition coefficient (Wildman–Crippen LogP) is 3.48. The van der Waals surface area contributed by atoms with Crippen LogP contribution >= 0.6 is 0 Å². The number of carbonyl (C=O) groups is 3. The number of nitrogens with zero attached hydrogens (tertiary/aromatic N) is 3. The maximum absolute atomic E-state index is 13.7. The number of piperidine rings is 1. The van der Waals surface area contributed by atoms with E-state index >= 15 is 0 Å². The summed E-state index contributed by atoms with van der Waals surface area (Å²) in [6, 6.07) is 12.3. The number of halogens is 1. The molecule has 0 N–H and O–H groups in total. The lowest BCUT2D eigenvalue weighted by molar-refractivity contribution is -0.136. The molecular weight excluding hydrogens is 461 g/mol. The van der Waals surface area contributed by atoms with Crippen LogP contribution in [0.5, 0.6) is 0 Å². The zero-order valence-corrected chi connectivity index (χ0v) is 20.6. The summed E-state index contributed by atoms with van der Waals surface area (Å²) in [5, 5.41) is 0. The topological polar surface area (TPSA) is 70.2 Å². The third-order valence-electron chi connectivity index (χ3n) is 7.71. The number of hydrogen-bond acceptors (Lipinski definition) is 4. The molecule has 7 nitrogen and oxygen atoms in total. The maximum atomic E-state index is 13.7. The van der Waals surface area contributed by atoms with Crippen molar-refractivity contribution in [1.29, 1.82) is 0 Å². The fourth-order valence-electron chi connectivity index (χ4n) is 5.56. The van der Waals surface area contributed by atoms with Crippen LogP contribution in [-0.2, 0) is 16.0 Å². The molecule has 1 atom stereocenters. The van der Waals surface area contributed by atoms with E-state index in [0.29, 0.717) is 50.1 Å². The molecule has 8 heteroatoms. The molecule has 3 heterocycles. The van der Waals surface area contributed by atoms with E-state index in [1.54, 1.807) is 14.7 Å². The zero-order valence-electron chi connectivity index (χ0n) is 20.6. The monoisotopic (exact) mass is 493 g/mol. The Hall–Kier alpha value is -3.26. The summed E-state index contributed by atoms with van der Waals surface area (Å²) in [6.45, 7) is 4.37. The van der Waals surface area contributed by atoms with Gasteiger partial charge >= 0.3 is 0 Å². The Kier molecular flexibility index (Phi) is 6.79. The molecule has 2 aromatic rings. The first-order valence-electron chi connectivity index (χ1n) is 12.8. The molecule has 3 aliphatic rings. The standard InChI is InChI=1S/C28H32FN3O4/c1-2-20-5-7-21(8-6-20)25(33)31-17-13-28(14-18-31)32(26(34)22-9-11-23(29)12-10-22)24(19-36-28)27(35)30-15-3-4-16-30/h5-12,24H,2-4,13-19H2,1H3/t24-/m1/s1. The number of rotatable bonds is 4. The number of amides is 3. The molecule has 3 saturated heterocycles. The quantitative estimate of drug-likeness (QED) is 0.654. The Balaban J connectivity index is 1.37. The van der Waals surface area contributed by atoms with E-state index in [4.69, 9.17) is 4.74 Å². The van der Waals surface area contributed by atoms with Gasteiger partial charge in [-0.15, -0.1) is 0 Å². The Morgan fingerprint density at radius 1 is 0.861 bits per heavy atom. The predicted molar refractivity (Wildman–Crippen MR) is 132 cm³/mol. The van der Waals surface area contributed by atoms with Gasteiger partial charge < -0.3 is 14.5 Å². The highest BCUT2D eigenvalue weighted by Gasteiger charge is 2.55. The van der Waals surface area contributed by atoms with Gasteiger partial charge in [-0.3, -0.25) is 19.3 Å². The van der Waals surface area contributed by atoms with Crippen LogP contribution in [0.15, 0.2) is 48.5 Å². The molecule has 0 aliphatic carbocycles. The second-order valence-electron chi connectivity index (χ2n) is 9.83. The van der Waals surface area contributed by atoms with E-state index in [1.165, 1.54) is 29.8 Å². The number of ether oxygens (including phenoxy) is 1. The number of likely N-dealkylation sites (tertiary alicyclic amines) is 2. The van der Waals surface area contributed by atoms with Crippen LogP contribution in [0.1, 0.15) is 58.9 Å². The number of hydrogen-bond donors (Lipinski definition) is 0. The highest BCUT2D eigenvalue weighted by atomic mass is 19.1. The minimum Gasteiger partial charge on any atom is -0.353 e. The third-order valence-corrected chi connectivity index (χ3v) is 7.71. The summed E-state index contributed by atoms with van der Waals surface area (Å²) in [5.74, 6) is -0.927. The van der Waals surface area contributed by atoms with Crippen molar-refractivity contribution < 1.29 is 23.5 Å². The molecule has 0 radical (unpaired) electrons. The lowest BCUT2D eigenvalue weighted by Crippen LogP contribution is -2.60. The minimum atomic E-state index is -0.978. The van der Waals surface area contributed by atoms with Gasteiger partial charge in [0.05, 0.1) is 6.61 Å². The molecule has 0 saturated carbocycles. The van der Waals surface area contributed by atoms with E-state index in [-0.39, 0.29) is 24.3 Å². The van der Waals surface area contributed by atoms with E-state index in [9.17, 15) is 18.8 Å². The molecule has 190 valence electrons. The van der Waals surface area contributed by atoms with Crippen LogP contribution in [-0.4, -0.2) is 77.0 Å². The smallest absolute Gasteiger partial charge is 0.256 e. The summed E-state index contributed by atoms with van der Waals surface area (Å²) in [4.78, 5) is 45.4. The van der Waals surface area contributed by atoms with Gasteiger partial charge in [0.15, 0.2) is 0 Å². The average molecular weight is 494 g/mol. The Morgan fingerprint density at radius 2 is 1.44 bits per heavy atom. The van der Waals surface area contributed by atoms with E-state index in [1.807, 2.05) is 24.3 Å². The van der Waals surface area contributed by atoms with Gasteiger partial charge in [0, 0.05) is 50.1 Å². The fraction of sp³-hybridized carbons (Fsp3) is 0.464.